The number of hydrogen-bond donors (Lipinski definition) is 3. The van der Waals surface area contributed by atoms with Gasteiger partial charge in [0.2, 0.25) is 0 Å². The van der Waals surface area contributed by atoms with E-state index in [2.05, 4.69) is 26.5 Å². The molecule has 3 N–H and O–H groups in total. The Balaban J connectivity index is 1.64. The molecule has 8 atom stereocenters. The van der Waals surface area contributed by atoms with Crippen LogP contribution in [0.25, 0.3) is 0 Å². The fourth-order valence-electron chi connectivity index (χ4n) is 8.06. The summed E-state index contributed by atoms with van der Waals surface area (Å²) in [5.74, 6) is 0.526. The molecule has 0 bridgehead atoms. The van der Waals surface area contributed by atoms with Crippen molar-refractivity contribution in [3.63, 3.8) is 0 Å². The van der Waals surface area contributed by atoms with Crippen molar-refractivity contribution in [3.8, 4) is 0 Å². The summed E-state index contributed by atoms with van der Waals surface area (Å²) in [6.07, 6.45) is 8.39. The molecule has 216 valence electrons. The predicted molar refractivity (Wildman–Crippen MR) is 157 cm³/mol. The smallest absolute Gasteiger partial charge is 0.184 e. The first kappa shape index (κ1) is 30.2. The summed E-state index contributed by atoms with van der Waals surface area (Å²) in [7, 11) is -3.73. The Labute approximate surface area is 235 Å². The third kappa shape index (κ3) is 6.14. The highest BCUT2D eigenvalue weighted by atomic mass is 32.2. The van der Waals surface area contributed by atoms with Gasteiger partial charge in [0.05, 0.1) is 28.5 Å². The second-order valence-corrected chi connectivity index (χ2v) is 15.1. The van der Waals surface area contributed by atoms with Gasteiger partial charge in [-0.2, -0.15) is 0 Å². The van der Waals surface area contributed by atoms with Gasteiger partial charge in [-0.15, -0.1) is 0 Å². The van der Waals surface area contributed by atoms with E-state index < -0.39 is 33.4 Å². The topological polar surface area (TPSA) is 94.8 Å². The Morgan fingerprint density at radius 3 is 2.46 bits per heavy atom. The van der Waals surface area contributed by atoms with Gasteiger partial charge in [0.25, 0.3) is 0 Å². The molecule has 0 radical (unpaired) electrons. The Morgan fingerprint density at radius 1 is 1.10 bits per heavy atom. The molecule has 3 saturated carbocycles. The monoisotopic (exact) mass is 556 g/mol. The second-order valence-electron chi connectivity index (χ2n) is 13.0. The molecular formula is C33H48O5S. The van der Waals surface area contributed by atoms with Crippen molar-refractivity contribution in [1.82, 2.24) is 0 Å². The molecule has 0 heterocycles. The SMILES string of the molecule is C=C1/C(=C\C=C2/CCC[C@]3(C)[C@@H]([C@H](C)C(C(O)CC(C)C)S(=O)(=O)c4ccccc4)CC[C@@H]23)C[C@@H](O)C[C@@H]1O. The lowest BCUT2D eigenvalue weighted by molar-refractivity contribution is 0.0601. The van der Waals surface area contributed by atoms with Crippen LogP contribution in [-0.2, 0) is 9.84 Å². The van der Waals surface area contributed by atoms with E-state index in [4.69, 9.17) is 0 Å². The molecule has 2 unspecified atom stereocenters. The first-order chi connectivity index (χ1) is 18.4. The number of allylic oxidation sites excluding steroid dienone is 3. The van der Waals surface area contributed by atoms with E-state index in [1.807, 2.05) is 26.0 Å². The highest BCUT2D eigenvalue weighted by molar-refractivity contribution is 7.92. The molecule has 0 aliphatic heterocycles. The van der Waals surface area contributed by atoms with Crippen LogP contribution in [0, 0.1) is 29.1 Å². The Bertz CT molecular complexity index is 1180. The van der Waals surface area contributed by atoms with Crippen LogP contribution in [0.4, 0.5) is 0 Å². The van der Waals surface area contributed by atoms with Crippen LogP contribution >= 0.6 is 0 Å². The molecule has 0 spiro atoms. The van der Waals surface area contributed by atoms with E-state index in [1.165, 1.54) is 5.57 Å². The maximum Gasteiger partial charge on any atom is 0.184 e. The fraction of sp³-hybridized carbons (Fsp3) is 0.636. The van der Waals surface area contributed by atoms with Crippen molar-refractivity contribution in [2.45, 2.75) is 108 Å². The third-order valence-corrected chi connectivity index (χ3v) is 12.4. The molecule has 1 aromatic rings. The molecule has 39 heavy (non-hydrogen) atoms. The van der Waals surface area contributed by atoms with Gasteiger partial charge in [0.1, 0.15) is 0 Å². The van der Waals surface area contributed by atoms with Gasteiger partial charge >= 0.3 is 0 Å². The summed E-state index contributed by atoms with van der Waals surface area (Å²) in [5, 5.41) is 30.9. The lowest BCUT2D eigenvalue weighted by Crippen LogP contribution is -2.46. The van der Waals surface area contributed by atoms with Crippen LogP contribution in [0.5, 0.6) is 0 Å². The molecule has 3 fully saturated rings. The maximum atomic E-state index is 14.0. The van der Waals surface area contributed by atoms with Crippen LogP contribution in [-0.4, -0.2) is 47.3 Å². The molecule has 5 nitrogen and oxygen atoms in total. The molecule has 0 amide bonds. The van der Waals surface area contributed by atoms with Crippen LogP contribution in [0.1, 0.15) is 79.1 Å². The van der Waals surface area contributed by atoms with Crippen molar-refractivity contribution >= 4 is 9.84 Å². The number of hydrogen-bond acceptors (Lipinski definition) is 5. The number of rotatable bonds is 8. The zero-order valence-corrected chi connectivity index (χ0v) is 24.9. The fourth-order valence-corrected chi connectivity index (χ4v) is 10.2. The highest BCUT2D eigenvalue weighted by Crippen LogP contribution is 2.60. The summed E-state index contributed by atoms with van der Waals surface area (Å²) in [4.78, 5) is 0.289. The maximum absolute atomic E-state index is 14.0. The number of aliphatic hydroxyl groups excluding tert-OH is 3. The quantitative estimate of drug-likeness (QED) is 0.364. The lowest BCUT2D eigenvalue weighted by atomic mass is 9.60. The largest absolute Gasteiger partial charge is 0.393 e. The molecule has 3 aliphatic carbocycles. The number of fused-ring (bicyclic) bond motifs is 1. The summed E-state index contributed by atoms with van der Waals surface area (Å²) < 4.78 is 28.0. The highest BCUT2D eigenvalue weighted by Gasteiger charge is 2.54. The van der Waals surface area contributed by atoms with Gasteiger partial charge in [-0.25, -0.2) is 8.42 Å². The van der Waals surface area contributed by atoms with Crippen molar-refractivity contribution in [1.29, 1.82) is 0 Å². The summed E-state index contributed by atoms with van der Waals surface area (Å²) >= 11 is 0. The molecule has 1 aromatic carbocycles. The second kappa shape index (κ2) is 12.0. The van der Waals surface area contributed by atoms with Crippen molar-refractivity contribution in [3.05, 3.63) is 65.8 Å². The molecule has 3 aliphatic rings. The molecule has 6 heteroatoms. The van der Waals surface area contributed by atoms with E-state index in [-0.39, 0.29) is 28.1 Å². The van der Waals surface area contributed by atoms with Crippen molar-refractivity contribution < 1.29 is 23.7 Å². The van der Waals surface area contributed by atoms with Gasteiger partial charge in [-0.05, 0) is 97.3 Å². The number of aliphatic hydroxyl groups is 3. The summed E-state index contributed by atoms with van der Waals surface area (Å²) in [6, 6.07) is 8.63. The Hall–Kier alpha value is -1.73. The first-order valence-corrected chi connectivity index (χ1v) is 16.3. The minimum atomic E-state index is -3.73. The van der Waals surface area contributed by atoms with E-state index in [1.54, 1.807) is 24.3 Å². The van der Waals surface area contributed by atoms with Crippen LogP contribution in [0.2, 0.25) is 0 Å². The number of sulfone groups is 1. The van der Waals surface area contributed by atoms with Gasteiger partial charge in [-0.1, -0.05) is 70.2 Å². The van der Waals surface area contributed by atoms with E-state index in [0.717, 1.165) is 37.7 Å². The molecule has 4 rings (SSSR count). The lowest BCUT2D eigenvalue weighted by Gasteiger charge is -2.46. The molecule has 0 saturated heterocycles. The van der Waals surface area contributed by atoms with Gasteiger partial charge in [-0.3, -0.25) is 0 Å². The third-order valence-electron chi connectivity index (χ3n) is 9.98. The Morgan fingerprint density at radius 2 is 1.79 bits per heavy atom. The van der Waals surface area contributed by atoms with Crippen LogP contribution in [0.15, 0.2) is 70.7 Å². The zero-order valence-electron chi connectivity index (χ0n) is 24.1. The van der Waals surface area contributed by atoms with Crippen molar-refractivity contribution in [2.75, 3.05) is 0 Å². The molecule has 0 aromatic heterocycles. The minimum absolute atomic E-state index is 0.0490. The van der Waals surface area contributed by atoms with Gasteiger partial charge in [0, 0.05) is 6.42 Å². The summed E-state index contributed by atoms with van der Waals surface area (Å²) in [5.41, 5.74) is 2.93. The zero-order chi connectivity index (χ0) is 28.5. The van der Waals surface area contributed by atoms with Crippen molar-refractivity contribution in [2.24, 2.45) is 29.1 Å². The summed E-state index contributed by atoms with van der Waals surface area (Å²) in [6.45, 7) is 12.5. The van der Waals surface area contributed by atoms with Gasteiger partial charge < -0.3 is 15.3 Å². The average Bonchev–Trinajstić information content (AvgIpc) is 3.22. The Kier molecular flexibility index (Phi) is 9.32. The predicted octanol–water partition coefficient (Wildman–Crippen LogP) is 6.01. The van der Waals surface area contributed by atoms with Crippen LogP contribution in [0.3, 0.4) is 0 Å². The molecular weight excluding hydrogens is 508 g/mol. The first-order valence-electron chi connectivity index (χ1n) is 14.8. The number of benzene rings is 1. The van der Waals surface area contributed by atoms with E-state index >= 15 is 0 Å². The minimum Gasteiger partial charge on any atom is -0.393 e. The van der Waals surface area contributed by atoms with Gasteiger partial charge in [0.15, 0.2) is 9.84 Å². The van der Waals surface area contributed by atoms with Crippen LogP contribution < -0.4 is 0 Å². The van der Waals surface area contributed by atoms with E-state index in [9.17, 15) is 23.7 Å². The van der Waals surface area contributed by atoms with E-state index in [0.29, 0.717) is 30.8 Å². The normalized spacial score (nSPS) is 34.3. The standard InChI is InChI=1S/C33H48O5S/c1-21(2)18-31(36)32(39(37,38)27-11-7-6-8-12-27)23(4)28-15-16-29-24(10-9-17-33(28,29)5)13-14-25-19-26(34)20-30(35)22(25)3/h6-8,11-14,21,23,26,28-32,34-36H,3,9-10,15-20H2,1-2,4-5H3/b24-13+,25-14-/t23-,26+,28+,29-,30-,31?,32?,33+/m0/s1. The average molecular weight is 557 g/mol.